The molecule has 0 saturated carbocycles. The molecule has 0 amide bonds. The number of ether oxygens (including phenoxy) is 2. The van der Waals surface area contributed by atoms with Gasteiger partial charge in [-0.25, -0.2) is 12.8 Å². The van der Waals surface area contributed by atoms with Crippen LogP contribution in [0.3, 0.4) is 0 Å². The van der Waals surface area contributed by atoms with Gasteiger partial charge in [0.2, 0.25) is 0 Å². The van der Waals surface area contributed by atoms with Crippen LogP contribution in [0.2, 0.25) is 5.02 Å². The van der Waals surface area contributed by atoms with Crippen molar-refractivity contribution in [3.05, 3.63) is 64.9 Å². The molecule has 1 fully saturated rings. The largest absolute Gasteiger partial charge is 0.462 e. The quantitative estimate of drug-likeness (QED) is 0.188. The molecular weight excluding hydrogens is 593 g/mol. The van der Waals surface area contributed by atoms with Gasteiger partial charge in [0, 0.05) is 53.8 Å². The number of benzene rings is 2. The van der Waals surface area contributed by atoms with E-state index in [4.69, 9.17) is 21.1 Å². The monoisotopic (exact) mass is 627 g/mol. The molecule has 5 rings (SSSR count). The van der Waals surface area contributed by atoms with Crippen molar-refractivity contribution >= 4 is 48.9 Å². The van der Waals surface area contributed by atoms with E-state index in [-0.39, 0.29) is 42.2 Å². The highest BCUT2D eigenvalue weighted by molar-refractivity contribution is 7.94. The highest BCUT2D eigenvalue weighted by Gasteiger charge is 2.24. The topological polar surface area (TPSA) is 97.8 Å². The normalized spacial score (nSPS) is 16.1. The van der Waals surface area contributed by atoms with Crippen molar-refractivity contribution in [3.8, 4) is 17.3 Å². The Morgan fingerprint density at radius 2 is 2.00 bits per heavy atom. The van der Waals surface area contributed by atoms with E-state index in [1.807, 2.05) is 38.2 Å². The summed E-state index contributed by atoms with van der Waals surface area (Å²) >= 11 is 6.54. The first-order chi connectivity index (χ1) is 20.7. The van der Waals surface area contributed by atoms with Gasteiger partial charge >= 0.3 is 6.01 Å². The molecule has 0 unspecified atom stereocenters. The van der Waals surface area contributed by atoms with E-state index < -0.39 is 15.7 Å². The number of aromatic nitrogens is 3. The van der Waals surface area contributed by atoms with Gasteiger partial charge in [-0.3, -0.25) is 4.98 Å². The Morgan fingerprint density at radius 1 is 1.21 bits per heavy atom. The zero-order chi connectivity index (χ0) is 30.6. The van der Waals surface area contributed by atoms with Gasteiger partial charge in [0.15, 0.2) is 15.7 Å². The number of halogens is 2. The minimum absolute atomic E-state index is 0.0149. The van der Waals surface area contributed by atoms with Crippen molar-refractivity contribution in [2.24, 2.45) is 0 Å². The fourth-order valence-corrected chi connectivity index (χ4v) is 6.55. The van der Waals surface area contributed by atoms with Crippen LogP contribution >= 0.6 is 11.6 Å². The number of anilines is 1. The van der Waals surface area contributed by atoms with Crippen LogP contribution in [-0.2, 0) is 14.6 Å². The van der Waals surface area contributed by atoms with Gasteiger partial charge < -0.3 is 19.3 Å². The molecule has 43 heavy (non-hydrogen) atoms. The smallest absolute Gasteiger partial charge is 0.319 e. The van der Waals surface area contributed by atoms with Gasteiger partial charge in [-0.15, -0.1) is 0 Å². The Morgan fingerprint density at radius 3 is 2.74 bits per heavy atom. The first kappa shape index (κ1) is 31.1. The Hall–Kier alpha value is -3.38. The number of hydrogen-bond acceptors (Lipinski definition) is 9. The second-order valence-electron chi connectivity index (χ2n) is 10.6. The van der Waals surface area contributed by atoms with Crippen LogP contribution in [0.1, 0.15) is 19.8 Å². The molecule has 0 aliphatic carbocycles. The van der Waals surface area contributed by atoms with E-state index in [1.54, 1.807) is 24.1 Å². The lowest BCUT2D eigenvalue weighted by Gasteiger charge is -2.22. The molecule has 1 atom stereocenters. The predicted molar refractivity (Wildman–Crippen MR) is 169 cm³/mol. The number of rotatable bonds is 12. The molecule has 2 aromatic carbocycles. The second kappa shape index (κ2) is 13.5. The lowest BCUT2D eigenvalue weighted by molar-refractivity contribution is 0.177. The van der Waals surface area contributed by atoms with Crippen molar-refractivity contribution in [2.75, 3.05) is 57.7 Å². The SMILES string of the molecule is CCOC/C=C/S(=O)(=O)CCN(C)c1nc(OC[C@@H]2CCCN2C)nc2c(F)c(-c3cccc4cccc(Cl)c34)ncc12. The summed E-state index contributed by atoms with van der Waals surface area (Å²) in [4.78, 5) is 17.4. The number of likely N-dealkylation sites (tertiary alicyclic amines) is 1. The van der Waals surface area contributed by atoms with Crippen molar-refractivity contribution in [1.29, 1.82) is 0 Å². The van der Waals surface area contributed by atoms with Crippen molar-refractivity contribution in [1.82, 2.24) is 19.9 Å². The molecule has 9 nitrogen and oxygen atoms in total. The van der Waals surface area contributed by atoms with Gasteiger partial charge in [0.1, 0.15) is 23.6 Å². The highest BCUT2D eigenvalue weighted by Crippen LogP contribution is 2.37. The van der Waals surface area contributed by atoms with Crippen LogP contribution in [0, 0.1) is 5.82 Å². The fourth-order valence-electron chi connectivity index (χ4n) is 5.23. The van der Waals surface area contributed by atoms with Gasteiger partial charge in [-0.2, -0.15) is 9.97 Å². The second-order valence-corrected chi connectivity index (χ2v) is 13.0. The van der Waals surface area contributed by atoms with Crippen molar-refractivity contribution in [2.45, 2.75) is 25.8 Å². The number of fused-ring (bicyclic) bond motifs is 2. The van der Waals surface area contributed by atoms with E-state index in [0.717, 1.165) is 30.2 Å². The van der Waals surface area contributed by atoms with Gasteiger partial charge in [0.05, 0.1) is 17.7 Å². The van der Waals surface area contributed by atoms with Crippen LogP contribution < -0.4 is 9.64 Å². The van der Waals surface area contributed by atoms with E-state index in [2.05, 4.69) is 19.9 Å². The summed E-state index contributed by atoms with van der Waals surface area (Å²) in [5.74, 6) is -0.498. The van der Waals surface area contributed by atoms with E-state index in [9.17, 15) is 8.42 Å². The van der Waals surface area contributed by atoms with Gasteiger partial charge in [0.25, 0.3) is 0 Å². The molecule has 4 aromatic rings. The molecule has 1 aliphatic rings. The maximum absolute atomic E-state index is 16.4. The molecule has 1 saturated heterocycles. The number of hydrogen-bond donors (Lipinski definition) is 0. The Kier molecular flexibility index (Phi) is 9.75. The molecule has 0 bridgehead atoms. The zero-order valence-corrected chi connectivity index (χ0v) is 26.0. The molecule has 12 heteroatoms. The van der Waals surface area contributed by atoms with Crippen LogP contribution in [0.15, 0.2) is 54.1 Å². The molecule has 3 heterocycles. The summed E-state index contributed by atoms with van der Waals surface area (Å²) < 4.78 is 52.9. The average Bonchev–Trinajstić information content (AvgIpc) is 3.41. The molecule has 0 N–H and O–H groups in total. The molecule has 0 spiro atoms. The van der Waals surface area contributed by atoms with Crippen LogP contribution in [0.25, 0.3) is 32.9 Å². The van der Waals surface area contributed by atoms with Gasteiger partial charge in [-0.05, 0) is 50.9 Å². The maximum atomic E-state index is 16.4. The number of likely N-dealkylation sites (N-methyl/N-ethyl adjacent to an activating group) is 1. The third-order valence-electron chi connectivity index (χ3n) is 7.62. The van der Waals surface area contributed by atoms with E-state index in [0.29, 0.717) is 40.4 Å². The molecule has 2 aromatic heterocycles. The van der Waals surface area contributed by atoms with Crippen LogP contribution in [0.4, 0.5) is 10.2 Å². The first-order valence-corrected chi connectivity index (χ1v) is 16.3. The van der Waals surface area contributed by atoms with Crippen molar-refractivity contribution in [3.63, 3.8) is 0 Å². The summed E-state index contributed by atoms with van der Waals surface area (Å²) in [6, 6.07) is 11.2. The predicted octanol–water partition coefficient (Wildman–Crippen LogP) is 5.51. The van der Waals surface area contributed by atoms with Crippen LogP contribution in [0.5, 0.6) is 6.01 Å². The summed E-state index contributed by atoms with van der Waals surface area (Å²) in [5.41, 5.74) is 0.665. The minimum Gasteiger partial charge on any atom is -0.462 e. The lowest BCUT2D eigenvalue weighted by atomic mass is 10.0. The third-order valence-corrected chi connectivity index (χ3v) is 9.30. The number of pyridine rings is 1. The fraction of sp³-hybridized carbons (Fsp3) is 0.387. The molecular formula is C31H35ClFN5O4S. The first-order valence-electron chi connectivity index (χ1n) is 14.2. The maximum Gasteiger partial charge on any atom is 0.319 e. The highest BCUT2D eigenvalue weighted by atomic mass is 35.5. The lowest BCUT2D eigenvalue weighted by Crippen LogP contribution is -2.31. The van der Waals surface area contributed by atoms with Crippen molar-refractivity contribution < 1.29 is 22.3 Å². The number of sulfone groups is 1. The summed E-state index contributed by atoms with van der Waals surface area (Å²) in [6.45, 7) is 3.98. The molecule has 228 valence electrons. The Labute approximate surface area is 256 Å². The Balaban J connectivity index is 1.53. The molecule has 1 aliphatic heterocycles. The van der Waals surface area contributed by atoms with E-state index in [1.165, 1.54) is 12.3 Å². The average molecular weight is 628 g/mol. The van der Waals surface area contributed by atoms with Gasteiger partial charge in [-0.1, -0.05) is 41.9 Å². The number of nitrogens with zero attached hydrogens (tertiary/aromatic N) is 5. The standard InChI is InChI=1S/C31H35ClFN5O4S/c1-4-41-16-8-17-43(39,40)18-15-38(3)30-24-19-34-28(23-12-5-9-21-10-6-13-25(32)26(21)23)27(33)29(24)35-31(36-30)42-20-22-11-7-14-37(22)2/h5-6,8-10,12-13,17,19,22H,4,7,11,14-16,18,20H2,1-3H3/b17-8+/t22-/m0/s1. The van der Waals surface area contributed by atoms with E-state index >= 15 is 4.39 Å². The molecule has 0 radical (unpaired) electrons. The zero-order valence-electron chi connectivity index (χ0n) is 24.5. The minimum atomic E-state index is -3.52. The summed E-state index contributed by atoms with van der Waals surface area (Å²) in [5, 5.41) is 3.52. The third kappa shape index (κ3) is 7.06. The van der Waals surface area contributed by atoms with Crippen LogP contribution in [-0.4, -0.2) is 87.1 Å². The summed E-state index contributed by atoms with van der Waals surface area (Å²) in [6.07, 6.45) is 5.04. The Bertz CT molecular complexity index is 1750. The summed E-state index contributed by atoms with van der Waals surface area (Å²) in [7, 11) is 0.223.